The van der Waals surface area contributed by atoms with E-state index in [9.17, 15) is 12.9 Å². The molecule has 1 N–H and O–H groups in total. The normalized spacial score (nSPS) is 24.9. The first-order chi connectivity index (χ1) is 6.02. The number of hydrogen-bond acceptors (Lipinski definition) is 2. The predicted octanol–water partition coefficient (Wildman–Crippen LogP) is -1.93. The third kappa shape index (κ3) is 2.63. The average Bonchev–Trinajstić information content (AvgIpc) is 2.00. The van der Waals surface area contributed by atoms with Crippen LogP contribution in [-0.2, 0) is 4.74 Å². The fraction of sp³-hybridized carbons (Fsp3) is 0.714. The minimum atomic E-state index is -4.84. The SMILES string of the molecule is F[B-](F)(F)C1=CCC2(CNC2)OC1.[K+]. The summed E-state index contributed by atoms with van der Waals surface area (Å²) < 4.78 is 41.8. The molecule has 2 heterocycles. The molecule has 1 saturated heterocycles. The van der Waals surface area contributed by atoms with Gasteiger partial charge in [0.25, 0.3) is 0 Å². The van der Waals surface area contributed by atoms with E-state index >= 15 is 0 Å². The molecule has 0 aliphatic carbocycles. The van der Waals surface area contributed by atoms with Crippen molar-refractivity contribution in [3.05, 3.63) is 11.5 Å². The van der Waals surface area contributed by atoms with Crippen LogP contribution in [0.15, 0.2) is 11.5 Å². The van der Waals surface area contributed by atoms with E-state index in [1.807, 2.05) is 0 Å². The third-order valence-electron chi connectivity index (χ3n) is 2.60. The van der Waals surface area contributed by atoms with Gasteiger partial charge in [0.15, 0.2) is 0 Å². The molecule has 0 saturated carbocycles. The summed E-state index contributed by atoms with van der Waals surface area (Å²) in [5.41, 5.74) is -0.817. The maximum absolute atomic E-state index is 12.2. The molecule has 0 amide bonds. The summed E-state index contributed by atoms with van der Waals surface area (Å²) in [6.45, 7) is -3.78. The molecular weight excluding hydrogens is 221 g/mol. The van der Waals surface area contributed by atoms with Crippen molar-refractivity contribution >= 4 is 6.98 Å². The molecule has 2 nitrogen and oxygen atoms in total. The standard InChI is InChI=1S/C7H10BF3NO.K/c9-8(10,11)6-1-2-7(13-3-6)4-12-5-7;/h1,12H,2-5H2;/q-1;+1. The van der Waals surface area contributed by atoms with Crippen molar-refractivity contribution in [1.82, 2.24) is 5.32 Å². The van der Waals surface area contributed by atoms with Gasteiger partial charge in [-0.15, -0.1) is 11.5 Å². The third-order valence-corrected chi connectivity index (χ3v) is 2.60. The molecule has 1 fully saturated rings. The summed E-state index contributed by atoms with van der Waals surface area (Å²) in [5, 5.41) is 2.99. The second-order valence-electron chi connectivity index (χ2n) is 3.63. The topological polar surface area (TPSA) is 21.3 Å². The summed E-state index contributed by atoms with van der Waals surface area (Å²) >= 11 is 0. The van der Waals surface area contributed by atoms with Crippen molar-refractivity contribution in [3.63, 3.8) is 0 Å². The zero-order valence-electron chi connectivity index (χ0n) is 8.03. The van der Waals surface area contributed by atoms with Gasteiger partial charge in [0.2, 0.25) is 0 Å². The zero-order chi connectivity index (χ0) is 9.53. The van der Waals surface area contributed by atoms with Crippen LogP contribution in [0.4, 0.5) is 12.9 Å². The Morgan fingerprint density at radius 1 is 1.36 bits per heavy atom. The number of halogens is 3. The van der Waals surface area contributed by atoms with E-state index in [0.29, 0.717) is 19.5 Å². The van der Waals surface area contributed by atoms with Crippen LogP contribution < -0.4 is 56.7 Å². The minimum Gasteiger partial charge on any atom is -0.445 e. The summed E-state index contributed by atoms with van der Waals surface area (Å²) in [4.78, 5) is 0. The van der Waals surface area contributed by atoms with Crippen molar-refractivity contribution in [2.45, 2.75) is 12.0 Å². The average molecular weight is 231 g/mol. The number of ether oxygens (including phenoxy) is 1. The molecule has 2 aliphatic rings. The molecule has 2 aliphatic heterocycles. The van der Waals surface area contributed by atoms with Crippen LogP contribution in [0.2, 0.25) is 0 Å². The number of nitrogens with one attached hydrogen (secondary N) is 1. The smallest absolute Gasteiger partial charge is 0.445 e. The molecule has 7 heteroatoms. The molecule has 0 radical (unpaired) electrons. The van der Waals surface area contributed by atoms with Crippen LogP contribution in [0.5, 0.6) is 0 Å². The summed E-state index contributed by atoms with van der Waals surface area (Å²) in [6, 6.07) is 0. The van der Waals surface area contributed by atoms with E-state index in [0.717, 1.165) is 0 Å². The van der Waals surface area contributed by atoms with Crippen LogP contribution in [0, 0.1) is 0 Å². The van der Waals surface area contributed by atoms with Crippen molar-refractivity contribution in [2.75, 3.05) is 19.7 Å². The van der Waals surface area contributed by atoms with Crippen LogP contribution >= 0.6 is 0 Å². The summed E-state index contributed by atoms with van der Waals surface area (Å²) in [7, 11) is 0. The number of hydrogen-bond donors (Lipinski definition) is 1. The van der Waals surface area contributed by atoms with Gasteiger partial charge in [-0.3, -0.25) is 0 Å². The molecule has 2 rings (SSSR count). The van der Waals surface area contributed by atoms with Gasteiger partial charge < -0.3 is 23.0 Å². The van der Waals surface area contributed by atoms with E-state index in [-0.39, 0.29) is 63.6 Å². The van der Waals surface area contributed by atoms with E-state index < -0.39 is 12.4 Å². The van der Waals surface area contributed by atoms with Gasteiger partial charge in [-0.1, -0.05) is 0 Å². The molecular formula is C7H10BF3KNO. The summed E-state index contributed by atoms with van der Waals surface area (Å²) in [6.07, 6.45) is 1.67. The maximum atomic E-state index is 12.2. The molecule has 0 aromatic carbocycles. The van der Waals surface area contributed by atoms with Crippen LogP contribution in [0.1, 0.15) is 6.42 Å². The first kappa shape index (κ1) is 13.2. The van der Waals surface area contributed by atoms with Gasteiger partial charge >= 0.3 is 58.4 Å². The van der Waals surface area contributed by atoms with Gasteiger partial charge in [-0.25, -0.2) is 0 Å². The molecule has 0 aromatic heterocycles. The van der Waals surface area contributed by atoms with Gasteiger partial charge in [0.05, 0.1) is 5.60 Å². The Labute approximate surface area is 123 Å². The van der Waals surface area contributed by atoms with Crippen LogP contribution in [0.25, 0.3) is 0 Å². The molecule has 0 unspecified atom stereocenters. The van der Waals surface area contributed by atoms with E-state index in [2.05, 4.69) is 5.32 Å². The van der Waals surface area contributed by atoms with Gasteiger partial charge in [0, 0.05) is 19.7 Å². The monoisotopic (exact) mass is 231 g/mol. The Hall–Kier alpha value is 1.15. The quantitative estimate of drug-likeness (QED) is 0.530. The first-order valence-electron chi connectivity index (χ1n) is 4.25. The van der Waals surface area contributed by atoms with Gasteiger partial charge in [-0.05, 0) is 6.42 Å². The minimum absolute atomic E-state index is 0. The molecule has 0 atom stereocenters. The zero-order valence-corrected chi connectivity index (χ0v) is 11.1. The fourth-order valence-electron chi connectivity index (χ4n) is 1.55. The van der Waals surface area contributed by atoms with Gasteiger partial charge in [-0.2, -0.15) is 0 Å². The molecule has 0 aromatic rings. The molecule has 1 spiro atoms. The van der Waals surface area contributed by atoms with E-state index in [4.69, 9.17) is 4.74 Å². The Balaban J connectivity index is 0.000000980. The fourth-order valence-corrected chi connectivity index (χ4v) is 1.55. The predicted molar refractivity (Wildman–Crippen MR) is 43.3 cm³/mol. The van der Waals surface area contributed by atoms with Crippen molar-refractivity contribution in [2.24, 2.45) is 0 Å². The maximum Gasteiger partial charge on any atom is 1.00 e. The van der Waals surface area contributed by atoms with E-state index in [1.54, 1.807) is 0 Å². The summed E-state index contributed by atoms with van der Waals surface area (Å²) in [5.74, 6) is 0. The Bertz CT molecular complexity index is 252. The largest absolute Gasteiger partial charge is 1.00 e. The molecule has 0 bridgehead atoms. The van der Waals surface area contributed by atoms with Crippen molar-refractivity contribution < 1.29 is 69.1 Å². The van der Waals surface area contributed by atoms with Crippen molar-refractivity contribution in [3.8, 4) is 0 Å². The second-order valence-corrected chi connectivity index (χ2v) is 3.63. The van der Waals surface area contributed by atoms with E-state index in [1.165, 1.54) is 6.08 Å². The Kier molecular flexibility index (Phi) is 4.31. The van der Waals surface area contributed by atoms with Crippen LogP contribution in [0.3, 0.4) is 0 Å². The molecule has 74 valence electrons. The Morgan fingerprint density at radius 3 is 2.29 bits per heavy atom. The van der Waals surface area contributed by atoms with Gasteiger partial charge in [0.1, 0.15) is 0 Å². The molecule has 14 heavy (non-hydrogen) atoms. The van der Waals surface area contributed by atoms with Crippen molar-refractivity contribution in [1.29, 1.82) is 0 Å². The Morgan fingerprint density at radius 2 is 2.00 bits per heavy atom. The van der Waals surface area contributed by atoms with Crippen LogP contribution in [-0.4, -0.2) is 32.3 Å². The second kappa shape index (κ2) is 4.57. The number of rotatable bonds is 1. The first-order valence-corrected chi connectivity index (χ1v) is 4.25.